The normalized spacial score (nSPS) is 14.5. The number of hydrogen-bond donors (Lipinski definition) is 0. The van der Waals surface area contributed by atoms with E-state index in [9.17, 15) is 17.6 Å². The monoisotopic (exact) mass is 481 g/mol. The van der Waals surface area contributed by atoms with Gasteiger partial charge in [0, 0.05) is 32.4 Å². The summed E-state index contributed by atoms with van der Waals surface area (Å²) in [6, 6.07) is 12.2. The van der Waals surface area contributed by atoms with Crippen LogP contribution in [-0.4, -0.2) is 76.6 Å². The van der Waals surface area contributed by atoms with E-state index in [0.29, 0.717) is 48.8 Å². The number of hydrogen-bond acceptors (Lipinski definition) is 8. The van der Waals surface area contributed by atoms with Gasteiger partial charge in [-0.15, -0.1) is 5.10 Å². The van der Waals surface area contributed by atoms with Crippen LogP contribution in [0.4, 0.5) is 10.2 Å². The molecule has 1 aliphatic heterocycles. The Bertz CT molecular complexity index is 1500. The van der Waals surface area contributed by atoms with Gasteiger partial charge in [0.15, 0.2) is 26.8 Å². The minimum Gasteiger partial charge on any atom is -0.351 e. The first-order valence-corrected chi connectivity index (χ1v) is 12.4. The molecular weight excluding hydrogens is 461 g/mol. The van der Waals surface area contributed by atoms with Crippen LogP contribution < -0.4 is 4.90 Å². The van der Waals surface area contributed by atoms with Gasteiger partial charge in [0.25, 0.3) is 5.91 Å². The maximum absolute atomic E-state index is 13.7. The number of benzene rings is 2. The summed E-state index contributed by atoms with van der Waals surface area (Å²) in [4.78, 5) is 25.3. The average molecular weight is 482 g/mol. The Balaban J connectivity index is 1.38. The number of carbonyl (C=O) groups is 1. The van der Waals surface area contributed by atoms with Crippen molar-refractivity contribution in [1.82, 2.24) is 29.9 Å². The molecule has 2 aromatic carbocycles. The molecule has 0 bridgehead atoms. The van der Waals surface area contributed by atoms with Crippen LogP contribution in [0.5, 0.6) is 0 Å². The lowest BCUT2D eigenvalue weighted by Gasteiger charge is -2.35. The fourth-order valence-electron chi connectivity index (χ4n) is 4.01. The van der Waals surface area contributed by atoms with Gasteiger partial charge in [-0.1, -0.05) is 23.4 Å². The number of sulfone groups is 1. The van der Waals surface area contributed by atoms with Gasteiger partial charge in [-0.3, -0.25) is 4.79 Å². The van der Waals surface area contributed by atoms with Crippen molar-refractivity contribution >= 4 is 32.7 Å². The van der Waals surface area contributed by atoms with Crippen molar-refractivity contribution in [2.75, 3.05) is 37.3 Å². The second-order valence-corrected chi connectivity index (χ2v) is 9.88. The molecule has 12 heteroatoms. The minimum absolute atomic E-state index is 0.0221. The highest BCUT2D eigenvalue weighted by Crippen LogP contribution is 2.25. The number of carbonyl (C=O) groups excluding carboxylic acids is 1. The van der Waals surface area contributed by atoms with E-state index >= 15 is 0 Å². The highest BCUT2D eigenvalue weighted by atomic mass is 32.2. The van der Waals surface area contributed by atoms with Crippen molar-refractivity contribution in [2.24, 2.45) is 0 Å². The Hall–Kier alpha value is -3.93. The number of amides is 1. The number of rotatable bonds is 4. The molecule has 2 aromatic heterocycles. The Labute approximate surface area is 194 Å². The van der Waals surface area contributed by atoms with Crippen LogP contribution >= 0.6 is 0 Å². The summed E-state index contributed by atoms with van der Waals surface area (Å²) in [6.45, 7) is 1.68. The molecule has 0 saturated carbocycles. The molecule has 0 N–H and O–H groups in total. The molecule has 174 valence electrons. The predicted octanol–water partition coefficient (Wildman–Crippen LogP) is 1.72. The van der Waals surface area contributed by atoms with Crippen molar-refractivity contribution in [1.29, 1.82) is 0 Å². The molecule has 1 aliphatic rings. The summed E-state index contributed by atoms with van der Waals surface area (Å²) < 4.78 is 39.3. The maximum atomic E-state index is 13.7. The number of nitrogens with zero attached hydrogens (tertiary/aromatic N) is 7. The molecule has 1 amide bonds. The van der Waals surface area contributed by atoms with Gasteiger partial charge in [-0.05, 0) is 30.3 Å². The van der Waals surface area contributed by atoms with Crippen LogP contribution in [-0.2, 0) is 9.84 Å². The van der Waals surface area contributed by atoms with E-state index in [1.165, 1.54) is 35.3 Å². The lowest BCUT2D eigenvalue weighted by atomic mass is 10.2. The average Bonchev–Trinajstić information content (AvgIpc) is 3.28. The van der Waals surface area contributed by atoms with Crippen LogP contribution in [0.25, 0.3) is 16.9 Å². The van der Waals surface area contributed by atoms with Gasteiger partial charge in [-0.2, -0.15) is 4.68 Å². The summed E-state index contributed by atoms with van der Waals surface area (Å²) in [5, 5.41) is 8.34. The molecule has 0 unspecified atom stereocenters. The smallest absolute Gasteiger partial charge is 0.255 e. The maximum Gasteiger partial charge on any atom is 0.255 e. The zero-order chi connectivity index (χ0) is 23.9. The SMILES string of the molecule is CS(=O)(=O)c1ccccc1C(=O)N1CCN(c2ncnc3c2nnn3-c2cccc(F)c2)CC1. The van der Waals surface area contributed by atoms with E-state index in [0.717, 1.165) is 6.26 Å². The van der Waals surface area contributed by atoms with E-state index in [1.54, 1.807) is 29.2 Å². The number of piperazine rings is 1. The number of aromatic nitrogens is 5. The van der Waals surface area contributed by atoms with Crippen molar-refractivity contribution < 1.29 is 17.6 Å². The Morgan fingerprint density at radius 3 is 2.50 bits per heavy atom. The van der Waals surface area contributed by atoms with Gasteiger partial charge in [0.2, 0.25) is 0 Å². The van der Waals surface area contributed by atoms with Crippen molar-refractivity contribution in [3.8, 4) is 5.69 Å². The standard InChI is InChI=1S/C22H20FN7O3S/c1-34(32,33)18-8-3-2-7-17(18)22(31)29-11-9-28(10-12-29)20-19-21(25-14-24-20)30(27-26-19)16-6-4-5-15(23)13-16/h2-8,13-14H,9-12H2,1H3. The summed E-state index contributed by atoms with van der Waals surface area (Å²) >= 11 is 0. The molecule has 4 aromatic rings. The Kier molecular flexibility index (Phi) is 5.44. The zero-order valence-electron chi connectivity index (χ0n) is 18.2. The van der Waals surface area contributed by atoms with Gasteiger partial charge in [0.05, 0.1) is 16.1 Å². The molecule has 10 nitrogen and oxygen atoms in total. The minimum atomic E-state index is -3.53. The second kappa shape index (κ2) is 8.45. The topological polar surface area (TPSA) is 114 Å². The third-order valence-corrected chi connectivity index (χ3v) is 6.81. The third kappa shape index (κ3) is 3.96. The van der Waals surface area contributed by atoms with E-state index in [2.05, 4.69) is 20.3 Å². The first-order valence-electron chi connectivity index (χ1n) is 10.5. The molecule has 3 heterocycles. The first-order chi connectivity index (χ1) is 16.3. The van der Waals surface area contributed by atoms with Crippen molar-refractivity contribution in [3.05, 3.63) is 66.2 Å². The van der Waals surface area contributed by atoms with Crippen molar-refractivity contribution in [3.63, 3.8) is 0 Å². The summed E-state index contributed by atoms with van der Waals surface area (Å²) in [7, 11) is -3.53. The van der Waals surface area contributed by atoms with Crippen LogP contribution in [0.1, 0.15) is 10.4 Å². The lowest BCUT2D eigenvalue weighted by Crippen LogP contribution is -2.49. The highest BCUT2D eigenvalue weighted by Gasteiger charge is 2.28. The second-order valence-electron chi connectivity index (χ2n) is 7.90. The van der Waals surface area contributed by atoms with Crippen LogP contribution in [0, 0.1) is 5.82 Å². The van der Waals surface area contributed by atoms with Crippen LogP contribution in [0.3, 0.4) is 0 Å². The van der Waals surface area contributed by atoms with Gasteiger partial charge in [0.1, 0.15) is 12.1 Å². The highest BCUT2D eigenvalue weighted by molar-refractivity contribution is 7.90. The molecule has 0 radical (unpaired) electrons. The fraction of sp³-hybridized carbons (Fsp3) is 0.227. The number of anilines is 1. The molecule has 0 aliphatic carbocycles. The largest absolute Gasteiger partial charge is 0.351 e. The molecular formula is C22H20FN7O3S. The number of fused-ring (bicyclic) bond motifs is 1. The molecule has 0 atom stereocenters. The predicted molar refractivity (Wildman–Crippen MR) is 122 cm³/mol. The fourth-order valence-corrected chi connectivity index (χ4v) is 4.89. The van der Waals surface area contributed by atoms with Crippen LogP contribution in [0.2, 0.25) is 0 Å². The van der Waals surface area contributed by atoms with Crippen molar-refractivity contribution in [2.45, 2.75) is 4.90 Å². The summed E-state index contributed by atoms with van der Waals surface area (Å²) in [5.41, 5.74) is 1.57. The number of halogens is 1. The van der Waals surface area contributed by atoms with Crippen LogP contribution in [0.15, 0.2) is 59.8 Å². The molecule has 0 spiro atoms. The van der Waals surface area contributed by atoms with Gasteiger partial charge in [-0.25, -0.2) is 22.8 Å². The lowest BCUT2D eigenvalue weighted by molar-refractivity contribution is 0.0742. The van der Waals surface area contributed by atoms with Gasteiger partial charge >= 0.3 is 0 Å². The van der Waals surface area contributed by atoms with E-state index in [-0.39, 0.29) is 16.4 Å². The Morgan fingerprint density at radius 2 is 1.76 bits per heavy atom. The Morgan fingerprint density at radius 1 is 1.00 bits per heavy atom. The third-order valence-electron chi connectivity index (χ3n) is 5.65. The zero-order valence-corrected chi connectivity index (χ0v) is 19.0. The quantitative estimate of drug-likeness (QED) is 0.433. The summed E-state index contributed by atoms with van der Waals surface area (Å²) in [5.74, 6) is -0.157. The molecule has 1 saturated heterocycles. The van der Waals surface area contributed by atoms with E-state index in [4.69, 9.17) is 0 Å². The first kappa shape index (κ1) is 21.9. The van der Waals surface area contributed by atoms with Gasteiger partial charge < -0.3 is 9.80 Å². The van der Waals surface area contributed by atoms with E-state index in [1.807, 2.05) is 4.90 Å². The molecule has 1 fully saturated rings. The molecule has 34 heavy (non-hydrogen) atoms. The van der Waals surface area contributed by atoms with E-state index < -0.39 is 15.7 Å². The summed E-state index contributed by atoms with van der Waals surface area (Å²) in [6.07, 6.45) is 2.49. The molecule has 5 rings (SSSR count).